The fourth-order valence-electron chi connectivity index (χ4n) is 1.51. The standard InChI is InChI=1S/C11H23N3O2/c1-8(2)14(9(3)4)7-11(16)13-6-5-10(12)15/h8-9H,5-7H2,1-4H3,(H2,12,15)(H,13,16). The van der Waals surface area contributed by atoms with Gasteiger partial charge in [-0.3, -0.25) is 14.5 Å². The third kappa shape index (κ3) is 6.40. The van der Waals surface area contributed by atoms with Crippen LogP contribution in [0.15, 0.2) is 0 Å². The highest BCUT2D eigenvalue weighted by molar-refractivity contribution is 5.79. The topological polar surface area (TPSA) is 75.4 Å². The van der Waals surface area contributed by atoms with E-state index in [1.54, 1.807) is 0 Å². The summed E-state index contributed by atoms with van der Waals surface area (Å²) in [5, 5.41) is 2.67. The van der Waals surface area contributed by atoms with Gasteiger partial charge >= 0.3 is 0 Å². The molecule has 0 aromatic heterocycles. The van der Waals surface area contributed by atoms with Gasteiger partial charge in [-0.05, 0) is 27.7 Å². The predicted molar refractivity (Wildman–Crippen MR) is 63.8 cm³/mol. The number of carbonyl (C=O) groups is 2. The maximum absolute atomic E-state index is 11.5. The summed E-state index contributed by atoms with van der Waals surface area (Å²) in [5.74, 6) is -0.464. The molecule has 16 heavy (non-hydrogen) atoms. The fourth-order valence-corrected chi connectivity index (χ4v) is 1.51. The highest BCUT2D eigenvalue weighted by Crippen LogP contribution is 2.03. The van der Waals surface area contributed by atoms with Crippen LogP contribution < -0.4 is 11.1 Å². The number of nitrogens with zero attached hydrogens (tertiary/aromatic N) is 1. The monoisotopic (exact) mass is 229 g/mol. The van der Waals surface area contributed by atoms with Crippen LogP contribution in [0.4, 0.5) is 0 Å². The summed E-state index contributed by atoms with van der Waals surface area (Å²) in [4.78, 5) is 24.1. The van der Waals surface area contributed by atoms with Crippen LogP contribution in [0.1, 0.15) is 34.1 Å². The average Bonchev–Trinajstić information content (AvgIpc) is 2.12. The first-order valence-electron chi connectivity index (χ1n) is 5.65. The molecule has 0 atom stereocenters. The first-order chi connectivity index (χ1) is 7.34. The molecule has 0 radical (unpaired) electrons. The van der Waals surface area contributed by atoms with E-state index >= 15 is 0 Å². The van der Waals surface area contributed by atoms with E-state index in [1.165, 1.54) is 0 Å². The Kier molecular flexibility index (Phi) is 6.72. The normalized spacial score (nSPS) is 11.2. The van der Waals surface area contributed by atoms with Crippen LogP contribution in [0.3, 0.4) is 0 Å². The highest BCUT2D eigenvalue weighted by Gasteiger charge is 2.16. The van der Waals surface area contributed by atoms with E-state index in [4.69, 9.17) is 5.73 Å². The minimum Gasteiger partial charge on any atom is -0.370 e. The van der Waals surface area contributed by atoms with Crippen molar-refractivity contribution in [1.82, 2.24) is 10.2 Å². The molecule has 0 saturated heterocycles. The van der Waals surface area contributed by atoms with Crippen molar-refractivity contribution < 1.29 is 9.59 Å². The van der Waals surface area contributed by atoms with E-state index in [0.29, 0.717) is 25.2 Å². The molecule has 0 aliphatic rings. The predicted octanol–water partition coefficient (Wildman–Crippen LogP) is 0.0968. The van der Waals surface area contributed by atoms with Gasteiger partial charge in [0.25, 0.3) is 0 Å². The lowest BCUT2D eigenvalue weighted by Crippen LogP contribution is -2.44. The Bertz CT molecular complexity index is 231. The van der Waals surface area contributed by atoms with Crippen molar-refractivity contribution in [3.63, 3.8) is 0 Å². The Balaban J connectivity index is 3.96. The SMILES string of the molecule is CC(C)N(CC(=O)NCCC(N)=O)C(C)C. The summed E-state index contributed by atoms with van der Waals surface area (Å²) in [6.45, 7) is 8.88. The number of hydrogen-bond donors (Lipinski definition) is 2. The lowest BCUT2D eigenvalue weighted by atomic mass is 10.2. The van der Waals surface area contributed by atoms with Crippen LogP contribution in [0, 0.1) is 0 Å². The number of nitrogens with two attached hydrogens (primary N) is 1. The quantitative estimate of drug-likeness (QED) is 0.650. The Labute approximate surface area is 97.4 Å². The Morgan fingerprint density at radius 2 is 1.69 bits per heavy atom. The molecule has 0 aromatic rings. The van der Waals surface area contributed by atoms with E-state index in [1.807, 2.05) is 0 Å². The molecule has 3 N–H and O–H groups in total. The van der Waals surface area contributed by atoms with Crippen LogP contribution in [-0.2, 0) is 9.59 Å². The molecular formula is C11H23N3O2. The van der Waals surface area contributed by atoms with E-state index in [0.717, 1.165) is 0 Å². The molecule has 0 fully saturated rings. The van der Waals surface area contributed by atoms with Gasteiger partial charge in [0.15, 0.2) is 0 Å². The molecule has 5 nitrogen and oxygen atoms in total. The molecule has 5 heteroatoms. The molecule has 0 bridgehead atoms. The van der Waals surface area contributed by atoms with E-state index < -0.39 is 5.91 Å². The van der Waals surface area contributed by atoms with Crippen LogP contribution >= 0.6 is 0 Å². The van der Waals surface area contributed by atoms with Crippen molar-refractivity contribution in [1.29, 1.82) is 0 Å². The first kappa shape index (κ1) is 14.9. The molecule has 0 unspecified atom stereocenters. The third-order valence-electron chi connectivity index (χ3n) is 2.35. The smallest absolute Gasteiger partial charge is 0.234 e. The van der Waals surface area contributed by atoms with Crippen molar-refractivity contribution in [3.8, 4) is 0 Å². The Morgan fingerprint density at radius 1 is 1.19 bits per heavy atom. The second-order valence-corrected chi connectivity index (χ2v) is 4.43. The van der Waals surface area contributed by atoms with Crippen LogP contribution in [0.2, 0.25) is 0 Å². The maximum Gasteiger partial charge on any atom is 0.234 e. The molecule has 94 valence electrons. The Hall–Kier alpha value is -1.10. The second kappa shape index (κ2) is 7.22. The zero-order valence-electron chi connectivity index (χ0n) is 10.6. The number of rotatable bonds is 7. The molecule has 0 saturated carbocycles. The summed E-state index contributed by atoms with van der Waals surface area (Å²) in [6, 6.07) is 0.642. The molecular weight excluding hydrogens is 206 g/mol. The van der Waals surface area contributed by atoms with Gasteiger partial charge in [-0.1, -0.05) is 0 Å². The maximum atomic E-state index is 11.5. The molecule has 0 rings (SSSR count). The van der Waals surface area contributed by atoms with Gasteiger partial charge < -0.3 is 11.1 Å². The van der Waals surface area contributed by atoms with E-state index in [9.17, 15) is 9.59 Å². The van der Waals surface area contributed by atoms with Gasteiger partial charge in [-0.25, -0.2) is 0 Å². The first-order valence-corrected chi connectivity index (χ1v) is 5.65. The van der Waals surface area contributed by atoms with Gasteiger partial charge in [0.05, 0.1) is 6.54 Å². The van der Waals surface area contributed by atoms with Gasteiger partial charge in [0, 0.05) is 25.0 Å². The van der Waals surface area contributed by atoms with Crippen LogP contribution in [0.25, 0.3) is 0 Å². The zero-order valence-corrected chi connectivity index (χ0v) is 10.6. The molecule has 0 spiro atoms. The average molecular weight is 229 g/mol. The molecule has 0 aliphatic heterocycles. The number of primary amides is 1. The summed E-state index contributed by atoms with van der Waals surface area (Å²) in [6.07, 6.45) is 0.190. The number of nitrogens with one attached hydrogen (secondary N) is 1. The number of carbonyl (C=O) groups excluding carboxylic acids is 2. The Morgan fingerprint density at radius 3 is 2.06 bits per heavy atom. The lowest BCUT2D eigenvalue weighted by molar-refractivity contribution is -0.123. The highest BCUT2D eigenvalue weighted by atomic mass is 16.2. The van der Waals surface area contributed by atoms with Gasteiger partial charge in [-0.2, -0.15) is 0 Å². The summed E-state index contributed by atoms with van der Waals surface area (Å²) < 4.78 is 0. The summed E-state index contributed by atoms with van der Waals surface area (Å²) in [5.41, 5.74) is 4.98. The van der Waals surface area contributed by atoms with Crippen molar-refractivity contribution in [2.24, 2.45) is 5.73 Å². The molecule has 2 amide bonds. The van der Waals surface area contributed by atoms with Gasteiger partial charge in [0.2, 0.25) is 11.8 Å². The zero-order chi connectivity index (χ0) is 12.7. The second-order valence-electron chi connectivity index (χ2n) is 4.43. The van der Waals surface area contributed by atoms with Crippen molar-refractivity contribution in [2.75, 3.05) is 13.1 Å². The molecule has 0 heterocycles. The number of hydrogen-bond acceptors (Lipinski definition) is 3. The van der Waals surface area contributed by atoms with Gasteiger partial charge in [-0.15, -0.1) is 0 Å². The lowest BCUT2D eigenvalue weighted by Gasteiger charge is -2.29. The van der Waals surface area contributed by atoms with E-state index in [2.05, 4.69) is 37.9 Å². The summed E-state index contributed by atoms with van der Waals surface area (Å²) in [7, 11) is 0. The third-order valence-corrected chi connectivity index (χ3v) is 2.35. The van der Waals surface area contributed by atoms with Crippen molar-refractivity contribution in [3.05, 3.63) is 0 Å². The van der Waals surface area contributed by atoms with Crippen LogP contribution in [-0.4, -0.2) is 41.9 Å². The minimum absolute atomic E-state index is 0.0661. The number of amides is 2. The van der Waals surface area contributed by atoms with E-state index in [-0.39, 0.29) is 12.3 Å². The largest absolute Gasteiger partial charge is 0.370 e. The molecule has 0 aromatic carbocycles. The van der Waals surface area contributed by atoms with Gasteiger partial charge in [0.1, 0.15) is 0 Å². The minimum atomic E-state index is -0.398. The van der Waals surface area contributed by atoms with Crippen molar-refractivity contribution in [2.45, 2.75) is 46.2 Å². The fraction of sp³-hybridized carbons (Fsp3) is 0.818. The summed E-state index contributed by atoms with van der Waals surface area (Å²) >= 11 is 0. The van der Waals surface area contributed by atoms with Crippen LogP contribution in [0.5, 0.6) is 0 Å². The molecule has 0 aliphatic carbocycles. The van der Waals surface area contributed by atoms with Crippen molar-refractivity contribution >= 4 is 11.8 Å².